The number of aromatic amines is 1. The van der Waals surface area contributed by atoms with Crippen LogP contribution in [0.2, 0.25) is 5.02 Å². The van der Waals surface area contributed by atoms with Gasteiger partial charge in [-0.15, -0.1) is 0 Å². The zero-order chi connectivity index (χ0) is 12.3. The summed E-state index contributed by atoms with van der Waals surface area (Å²) in [6.07, 6.45) is 1.55. The van der Waals surface area contributed by atoms with Gasteiger partial charge in [-0.25, -0.2) is 0 Å². The van der Waals surface area contributed by atoms with Crippen LogP contribution in [0, 0.1) is 0 Å². The molecule has 1 aromatic carbocycles. The summed E-state index contributed by atoms with van der Waals surface area (Å²) >= 11 is 8.96. The molecule has 0 aliphatic carbocycles. The maximum Gasteiger partial charge on any atom is 0.266 e. The predicted molar refractivity (Wildman–Crippen MR) is 70.5 cm³/mol. The van der Waals surface area contributed by atoms with E-state index in [1.807, 2.05) is 12.1 Å². The molecule has 17 heavy (non-hydrogen) atoms. The number of pyridine rings is 1. The molecule has 1 heterocycles. The van der Waals surface area contributed by atoms with Gasteiger partial charge in [0.15, 0.2) is 0 Å². The van der Waals surface area contributed by atoms with Crippen molar-refractivity contribution in [2.24, 2.45) is 0 Å². The fourth-order valence-electron chi connectivity index (χ4n) is 1.29. The summed E-state index contributed by atoms with van der Waals surface area (Å²) in [6, 6.07) is 9.05. The monoisotopic (exact) mass is 313 g/mol. The van der Waals surface area contributed by atoms with Gasteiger partial charge in [-0.3, -0.25) is 4.79 Å². The number of hydrogen-bond donors (Lipinski definition) is 1. The van der Waals surface area contributed by atoms with Crippen molar-refractivity contribution in [1.82, 2.24) is 4.98 Å². The van der Waals surface area contributed by atoms with E-state index < -0.39 is 0 Å². The number of benzene rings is 1. The van der Waals surface area contributed by atoms with Crippen LogP contribution in [0.4, 0.5) is 0 Å². The number of nitrogens with one attached hydrogen (secondary N) is 1. The van der Waals surface area contributed by atoms with Crippen molar-refractivity contribution in [3.63, 3.8) is 0 Å². The van der Waals surface area contributed by atoms with Crippen molar-refractivity contribution in [2.45, 2.75) is 6.61 Å². The quantitative estimate of drug-likeness (QED) is 0.944. The van der Waals surface area contributed by atoms with Gasteiger partial charge in [0, 0.05) is 11.2 Å². The van der Waals surface area contributed by atoms with Crippen molar-refractivity contribution in [3.8, 4) is 5.75 Å². The molecule has 0 aliphatic rings. The number of halogens is 2. The van der Waals surface area contributed by atoms with Gasteiger partial charge in [0.05, 0.1) is 0 Å². The molecular formula is C12H9BrClNO2. The molecule has 0 spiro atoms. The van der Waals surface area contributed by atoms with Gasteiger partial charge in [-0.1, -0.05) is 23.7 Å². The minimum atomic E-state index is -0.210. The Balaban J connectivity index is 2.10. The smallest absolute Gasteiger partial charge is 0.266 e. The lowest BCUT2D eigenvalue weighted by atomic mass is 10.2. The van der Waals surface area contributed by atoms with E-state index in [0.29, 0.717) is 21.9 Å². The van der Waals surface area contributed by atoms with Gasteiger partial charge >= 0.3 is 0 Å². The molecule has 3 nitrogen and oxygen atoms in total. The minimum absolute atomic E-state index is 0.210. The largest absolute Gasteiger partial charge is 0.487 e. The molecule has 1 N–H and O–H groups in total. The summed E-state index contributed by atoms with van der Waals surface area (Å²) in [5.41, 5.74) is 0.778. The van der Waals surface area contributed by atoms with Gasteiger partial charge < -0.3 is 9.72 Å². The highest BCUT2D eigenvalue weighted by molar-refractivity contribution is 9.10. The van der Waals surface area contributed by atoms with E-state index in [-0.39, 0.29) is 5.56 Å². The number of hydrogen-bond acceptors (Lipinski definition) is 2. The van der Waals surface area contributed by atoms with E-state index in [2.05, 4.69) is 20.9 Å². The van der Waals surface area contributed by atoms with Gasteiger partial charge in [-0.2, -0.15) is 0 Å². The number of H-pyrrole nitrogens is 1. The average molecular weight is 315 g/mol. The third kappa shape index (κ3) is 3.11. The molecule has 0 atom stereocenters. The SMILES string of the molecule is O=c1[nH]ccc(OCc2ccc(Cl)cc2)c1Br. The van der Waals surface area contributed by atoms with Crippen LogP contribution in [-0.4, -0.2) is 4.98 Å². The van der Waals surface area contributed by atoms with Crippen molar-refractivity contribution < 1.29 is 4.74 Å². The Morgan fingerprint density at radius 1 is 1.24 bits per heavy atom. The van der Waals surface area contributed by atoms with Crippen LogP contribution in [0.25, 0.3) is 0 Å². The summed E-state index contributed by atoms with van der Waals surface area (Å²) in [5, 5.41) is 0.686. The molecule has 1 aromatic heterocycles. The second kappa shape index (κ2) is 5.38. The highest BCUT2D eigenvalue weighted by Crippen LogP contribution is 2.20. The molecule has 0 bridgehead atoms. The predicted octanol–water partition coefficient (Wildman–Crippen LogP) is 3.37. The molecule has 0 unspecified atom stereocenters. The average Bonchev–Trinajstić information content (AvgIpc) is 2.33. The Kier molecular flexibility index (Phi) is 3.86. The normalized spacial score (nSPS) is 10.2. The fourth-order valence-corrected chi connectivity index (χ4v) is 1.78. The van der Waals surface area contributed by atoms with Crippen LogP contribution >= 0.6 is 27.5 Å². The van der Waals surface area contributed by atoms with Gasteiger partial charge in [0.1, 0.15) is 16.8 Å². The van der Waals surface area contributed by atoms with E-state index in [1.165, 1.54) is 0 Å². The van der Waals surface area contributed by atoms with E-state index in [1.54, 1.807) is 24.4 Å². The first-order chi connectivity index (χ1) is 8.16. The Hall–Kier alpha value is -1.26. The second-order valence-corrected chi connectivity index (χ2v) is 4.63. The van der Waals surface area contributed by atoms with Gasteiger partial charge in [-0.05, 0) is 39.7 Å². The van der Waals surface area contributed by atoms with Crippen molar-refractivity contribution in [1.29, 1.82) is 0 Å². The third-order valence-corrected chi connectivity index (χ3v) is 3.18. The molecule has 0 amide bonds. The van der Waals surface area contributed by atoms with Crippen molar-refractivity contribution >= 4 is 27.5 Å². The van der Waals surface area contributed by atoms with Crippen LogP contribution in [0.5, 0.6) is 5.75 Å². The van der Waals surface area contributed by atoms with Crippen LogP contribution in [0.1, 0.15) is 5.56 Å². The topological polar surface area (TPSA) is 42.1 Å². The van der Waals surface area contributed by atoms with Crippen molar-refractivity contribution in [2.75, 3.05) is 0 Å². The zero-order valence-electron chi connectivity index (χ0n) is 8.74. The molecule has 0 aliphatic heterocycles. The lowest BCUT2D eigenvalue weighted by molar-refractivity contribution is 0.303. The Labute approximate surface area is 112 Å². The summed E-state index contributed by atoms with van der Waals surface area (Å²) in [6.45, 7) is 0.388. The van der Waals surface area contributed by atoms with Gasteiger partial charge in [0.25, 0.3) is 5.56 Å². The number of ether oxygens (including phenoxy) is 1. The van der Waals surface area contributed by atoms with Crippen molar-refractivity contribution in [3.05, 3.63) is 61.9 Å². The van der Waals surface area contributed by atoms with E-state index in [4.69, 9.17) is 16.3 Å². The minimum Gasteiger partial charge on any atom is -0.487 e. The molecule has 0 saturated heterocycles. The van der Waals surface area contributed by atoms with Crippen LogP contribution in [0.3, 0.4) is 0 Å². The molecule has 0 fully saturated rings. The summed E-state index contributed by atoms with van der Waals surface area (Å²) < 4.78 is 5.93. The maximum absolute atomic E-state index is 11.3. The second-order valence-electron chi connectivity index (χ2n) is 3.40. The van der Waals surface area contributed by atoms with E-state index in [0.717, 1.165) is 5.56 Å². The van der Waals surface area contributed by atoms with Gasteiger partial charge in [0.2, 0.25) is 0 Å². The first-order valence-corrected chi connectivity index (χ1v) is 6.08. The molecule has 2 aromatic rings. The lowest BCUT2D eigenvalue weighted by Crippen LogP contribution is -2.07. The van der Waals surface area contributed by atoms with Crippen LogP contribution in [0.15, 0.2) is 45.8 Å². The summed E-state index contributed by atoms with van der Waals surface area (Å²) in [7, 11) is 0. The lowest BCUT2D eigenvalue weighted by Gasteiger charge is -2.07. The number of rotatable bonds is 3. The standard InChI is InChI=1S/C12H9BrClNO2/c13-11-10(5-6-15-12(11)16)17-7-8-1-3-9(14)4-2-8/h1-6H,7H2,(H,15,16). The Morgan fingerprint density at radius 3 is 2.65 bits per heavy atom. The molecule has 0 radical (unpaired) electrons. The molecule has 88 valence electrons. The fraction of sp³-hybridized carbons (Fsp3) is 0.0833. The Bertz CT molecular complexity index is 565. The first kappa shape index (κ1) is 12.2. The highest BCUT2D eigenvalue weighted by atomic mass is 79.9. The maximum atomic E-state index is 11.3. The highest BCUT2D eigenvalue weighted by Gasteiger charge is 2.04. The summed E-state index contributed by atoms with van der Waals surface area (Å²) in [5.74, 6) is 0.517. The summed E-state index contributed by atoms with van der Waals surface area (Å²) in [4.78, 5) is 13.8. The van der Waals surface area contributed by atoms with Crippen LogP contribution in [-0.2, 0) is 6.61 Å². The van der Waals surface area contributed by atoms with E-state index in [9.17, 15) is 4.79 Å². The van der Waals surface area contributed by atoms with Crippen LogP contribution < -0.4 is 10.3 Å². The van der Waals surface area contributed by atoms with E-state index >= 15 is 0 Å². The first-order valence-electron chi connectivity index (χ1n) is 4.91. The third-order valence-electron chi connectivity index (χ3n) is 2.17. The number of aromatic nitrogens is 1. The Morgan fingerprint density at radius 2 is 1.94 bits per heavy atom. The molecule has 2 rings (SSSR count). The molecule has 0 saturated carbocycles. The molecular weight excluding hydrogens is 305 g/mol. The zero-order valence-corrected chi connectivity index (χ0v) is 11.1. The molecule has 5 heteroatoms.